The Hall–Kier alpha value is -3.58. The molecule has 1 unspecified atom stereocenters. The molecule has 5 N–H and O–H groups in total. The SMILES string of the molecule is CCOC(=O)[C@@H](C)NP(=O)(COCCn1cnc2c(=O)[nH]c(N)nc21)N[C@@H](C)C(=O)OCc1ccccc1. The number of anilines is 1. The second-order valence-corrected chi connectivity index (χ2v) is 10.6. The molecule has 2 aromatic heterocycles. The van der Waals surface area contributed by atoms with Crippen molar-refractivity contribution in [1.29, 1.82) is 0 Å². The lowest BCUT2D eigenvalue weighted by molar-refractivity contribution is -0.146. The normalized spacial score (nSPS) is 14.5. The van der Waals surface area contributed by atoms with Gasteiger partial charge in [0.25, 0.3) is 5.56 Å². The number of benzene rings is 1. The van der Waals surface area contributed by atoms with E-state index in [9.17, 15) is 18.9 Å². The highest BCUT2D eigenvalue weighted by atomic mass is 31.2. The second kappa shape index (κ2) is 13.3. The van der Waals surface area contributed by atoms with Crippen molar-refractivity contribution in [2.45, 2.75) is 46.0 Å². The smallest absolute Gasteiger partial charge is 0.323 e. The van der Waals surface area contributed by atoms with Gasteiger partial charge in [-0.15, -0.1) is 0 Å². The second-order valence-electron chi connectivity index (χ2n) is 8.39. The van der Waals surface area contributed by atoms with Crippen molar-refractivity contribution in [1.82, 2.24) is 29.7 Å². The Balaban J connectivity index is 1.63. The van der Waals surface area contributed by atoms with Crippen LogP contribution >= 0.6 is 7.44 Å². The van der Waals surface area contributed by atoms with Gasteiger partial charge in [0.1, 0.15) is 25.0 Å². The molecule has 0 spiro atoms. The third-order valence-electron chi connectivity index (χ3n) is 5.26. The summed E-state index contributed by atoms with van der Waals surface area (Å²) in [7, 11) is -3.67. The largest absolute Gasteiger partial charge is 0.465 e. The summed E-state index contributed by atoms with van der Waals surface area (Å²) >= 11 is 0. The van der Waals surface area contributed by atoms with E-state index in [1.165, 1.54) is 20.2 Å². The first kappa shape index (κ1) is 29.0. The zero-order chi connectivity index (χ0) is 27.7. The number of rotatable bonds is 14. The van der Waals surface area contributed by atoms with Gasteiger partial charge in [-0.25, -0.2) is 15.2 Å². The molecule has 0 aliphatic carbocycles. The molecule has 0 aliphatic heterocycles. The molecule has 0 fully saturated rings. The van der Waals surface area contributed by atoms with E-state index in [0.717, 1.165) is 5.56 Å². The van der Waals surface area contributed by atoms with Crippen LogP contribution in [0.4, 0.5) is 5.95 Å². The lowest BCUT2D eigenvalue weighted by Crippen LogP contribution is -2.42. The minimum Gasteiger partial charge on any atom is -0.465 e. The summed E-state index contributed by atoms with van der Waals surface area (Å²) in [6.45, 7) is 5.13. The number of carbonyl (C=O) groups is 2. The summed E-state index contributed by atoms with van der Waals surface area (Å²) in [5.41, 5.74) is 6.35. The van der Waals surface area contributed by atoms with Gasteiger partial charge in [-0.3, -0.25) is 23.9 Å². The average molecular weight is 550 g/mol. The van der Waals surface area contributed by atoms with E-state index >= 15 is 0 Å². The van der Waals surface area contributed by atoms with Gasteiger partial charge in [0.2, 0.25) is 13.4 Å². The summed E-state index contributed by atoms with van der Waals surface area (Å²) in [6.07, 6.45) is 1.05. The number of aromatic nitrogens is 4. The maximum Gasteiger partial charge on any atom is 0.323 e. The molecular weight excluding hydrogens is 517 g/mol. The molecule has 2 heterocycles. The number of nitrogens with two attached hydrogens (primary N) is 1. The van der Waals surface area contributed by atoms with Gasteiger partial charge in [0, 0.05) is 6.54 Å². The maximum absolute atomic E-state index is 13.7. The van der Waals surface area contributed by atoms with Crippen LogP contribution in [0.3, 0.4) is 0 Å². The van der Waals surface area contributed by atoms with Crippen LogP contribution in [-0.4, -0.2) is 63.1 Å². The quantitative estimate of drug-likeness (QED) is 0.127. The Morgan fingerprint density at radius 3 is 2.45 bits per heavy atom. The number of nitrogens with one attached hydrogen (secondary N) is 3. The highest BCUT2D eigenvalue weighted by molar-refractivity contribution is 7.59. The van der Waals surface area contributed by atoms with Gasteiger partial charge >= 0.3 is 11.9 Å². The van der Waals surface area contributed by atoms with Gasteiger partial charge in [-0.05, 0) is 26.3 Å². The molecule has 0 radical (unpaired) electrons. The maximum atomic E-state index is 13.7. The lowest BCUT2D eigenvalue weighted by Gasteiger charge is -2.26. The molecule has 3 rings (SSSR count). The highest BCUT2D eigenvalue weighted by Gasteiger charge is 2.32. The first-order chi connectivity index (χ1) is 18.1. The van der Waals surface area contributed by atoms with Gasteiger partial charge in [-0.1, -0.05) is 30.3 Å². The van der Waals surface area contributed by atoms with Crippen molar-refractivity contribution in [2.24, 2.45) is 0 Å². The Morgan fingerprint density at radius 1 is 1.13 bits per heavy atom. The van der Waals surface area contributed by atoms with Crippen molar-refractivity contribution in [2.75, 3.05) is 25.3 Å². The standard InChI is InChI=1S/C23H32N7O7P/c1-4-36-21(32)15(2)28-38(34,29-16(3)22(33)37-12-17-8-6-5-7-9-17)14-35-11-10-30-13-25-18-19(30)26-23(24)27-20(18)31/h5-9,13,15-16H,4,10-12,14H2,1-3H3,(H2,28,29,34)(H3,24,26,27,31)/t15-,16+,38?/m1/s1. The molecule has 14 nitrogen and oxygen atoms in total. The summed E-state index contributed by atoms with van der Waals surface area (Å²) in [5.74, 6) is -1.28. The number of carbonyl (C=O) groups excluding carboxylic acids is 2. The van der Waals surface area contributed by atoms with Crippen molar-refractivity contribution < 1.29 is 28.4 Å². The molecule has 3 atom stereocenters. The Kier molecular flexibility index (Phi) is 10.1. The van der Waals surface area contributed by atoms with Crippen molar-refractivity contribution in [3.8, 4) is 0 Å². The molecule has 0 aliphatic rings. The molecule has 0 amide bonds. The molecule has 206 valence electrons. The van der Waals surface area contributed by atoms with E-state index in [-0.39, 0.29) is 49.8 Å². The number of nitrogen functional groups attached to an aromatic ring is 1. The number of hydrogen-bond donors (Lipinski definition) is 4. The van der Waals surface area contributed by atoms with Gasteiger partial charge in [-0.2, -0.15) is 4.98 Å². The molecular formula is C23H32N7O7P. The van der Waals surface area contributed by atoms with Gasteiger partial charge in [0.05, 0.1) is 19.5 Å². The zero-order valence-corrected chi connectivity index (χ0v) is 22.3. The Bertz CT molecular complexity index is 1340. The summed E-state index contributed by atoms with van der Waals surface area (Å²) in [6, 6.07) is 7.21. The molecule has 0 saturated heterocycles. The number of nitrogens with zero attached hydrogens (tertiary/aromatic N) is 3. The van der Waals surface area contributed by atoms with Crippen LogP contribution in [0.25, 0.3) is 11.2 Å². The fourth-order valence-corrected chi connectivity index (χ4v) is 5.53. The molecule has 0 bridgehead atoms. The minimum absolute atomic E-state index is 0.0494. The first-order valence-electron chi connectivity index (χ1n) is 11.9. The number of aromatic amines is 1. The predicted octanol–water partition coefficient (Wildman–Crippen LogP) is 1.13. The van der Waals surface area contributed by atoms with Crippen LogP contribution in [-0.2, 0) is 41.5 Å². The number of hydrogen-bond acceptors (Lipinski definition) is 10. The number of esters is 2. The van der Waals surface area contributed by atoms with Gasteiger partial charge in [0.15, 0.2) is 11.2 Å². The Labute approximate surface area is 218 Å². The van der Waals surface area contributed by atoms with Crippen LogP contribution in [0.15, 0.2) is 41.5 Å². The van der Waals surface area contributed by atoms with Crippen molar-refractivity contribution in [3.05, 3.63) is 52.6 Å². The summed E-state index contributed by atoms with van der Waals surface area (Å²) in [4.78, 5) is 47.1. The lowest BCUT2D eigenvalue weighted by atomic mass is 10.2. The van der Waals surface area contributed by atoms with Crippen molar-refractivity contribution in [3.63, 3.8) is 0 Å². The Morgan fingerprint density at radius 2 is 1.79 bits per heavy atom. The predicted molar refractivity (Wildman–Crippen MR) is 139 cm³/mol. The number of H-pyrrole nitrogens is 1. The van der Waals surface area contributed by atoms with E-state index in [4.69, 9.17) is 19.9 Å². The van der Waals surface area contributed by atoms with Crippen LogP contribution in [0.1, 0.15) is 26.3 Å². The van der Waals surface area contributed by atoms with E-state index in [1.54, 1.807) is 11.5 Å². The van der Waals surface area contributed by atoms with E-state index in [2.05, 4.69) is 25.1 Å². The minimum atomic E-state index is -3.67. The molecule has 38 heavy (non-hydrogen) atoms. The van der Waals surface area contributed by atoms with E-state index in [0.29, 0.717) is 0 Å². The van der Waals surface area contributed by atoms with Crippen LogP contribution < -0.4 is 21.5 Å². The van der Waals surface area contributed by atoms with E-state index < -0.39 is 37.0 Å². The molecule has 15 heteroatoms. The fraction of sp³-hybridized carbons (Fsp3) is 0.435. The highest BCUT2D eigenvalue weighted by Crippen LogP contribution is 2.37. The topological polar surface area (TPSA) is 193 Å². The first-order valence-corrected chi connectivity index (χ1v) is 13.8. The monoisotopic (exact) mass is 549 g/mol. The number of fused-ring (bicyclic) bond motifs is 1. The van der Waals surface area contributed by atoms with Crippen LogP contribution in [0.2, 0.25) is 0 Å². The number of ether oxygens (including phenoxy) is 3. The van der Waals surface area contributed by atoms with E-state index in [1.807, 2.05) is 30.3 Å². The van der Waals surface area contributed by atoms with Crippen LogP contribution in [0, 0.1) is 0 Å². The molecule has 1 aromatic carbocycles. The average Bonchev–Trinajstić information content (AvgIpc) is 3.28. The number of imidazole rings is 1. The van der Waals surface area contributed by atoms with Crippen molar-refractivity contribution >= 4 is 36.5 Å². The fourth-order valence-electron chi connectivity index (χ4n) is 3.45. The third kappa shape index (κ3) is 7.96. The molecule has 0 saturated carbocycles. The third-order valence-corrected chi connectivity index (χ3v) is 7.42. The van der Waals surface area contributed by atoms with Crippen LogP contribution in [0.5, 0.6) is 0 Å². The summed E-state index contributed by atoms with van der Waals surface area (Å²) < 4.78 is 31.3. The van der Waals surface area contributed by atoms with Gasteiger partial charge < -0.3 is 24.5 Å². The molecule has 3 aromatic rings. The summed E-state index contributed by atoms with van der Waals surface area (Å²) in [5, 5.41) is 5.46. The zero-order valence-electron chi connectivity index (χ0n) is 21.4.